The molecule has 17 heavy (non-hydrogen) atoms. The lowest BCUT2D eigenvalue weighted by Crippen LogP contribution is -2.49. The summed E-state index contributed by atoms with van der Waals surface area (Å²) >= 11 is 0. The van der Waals surface area contributed by atoms with Crippen LogP contribution in [0.15, 0.2) is 0 Å². The molecule has 3 heteroatoms. The predicted octanol–water partition coefficient (Wildman–Crippen LogP) is 2.90. The highest BCUT2D eigenvalue weighted by atomic mass is 16.4. The van der Waals surface area contributed by atoms with E-state index in [2.05, 4.69) is 26.1 Å². The van der Waals surface area contributed by atoms with Gasteiger partial charge in [-0.05, 0) is 50.5 Å². The zero-order valence-electron chi connectivity index (χ0n) is 11.9. The SMILES string of the molecule is CC(C)(CC(C)(C)C1(C)CCCNC1)C(=O)O. The van der Waals surface area contributed by atoms with E-state index in [1.54, 1.807) is 0 Å². The number of carboxylic acid groups (broad SMARTS) is 1. The minimum Gasteiger partial charge on any atom is -0.481 e. The lowest BCUT2D eigenvalue weighted by atomic mass is 9.58. The summed E-state index contributed by atoms with van der Waals surface area (Å²) in [4.78, 5) is 11.3. The molecular weight excluding hydrogens is 214 g/mol. The van der Waals surface area contributed by atoms with Crippen LogP contribution in [0.3, 0.4) is 0 Å². The van der Waals surface area contributed by atoms with Gasteiger partial charge in [-0.15, -0.1) is 0 Å². The molecule has 1 fully saturated rings. The van der Waals surface area contributed by atoms with E-state index in [9.17, 15) is 9.90 Å². The first-order chi connectivity index (χ1) is 7.61. The summed E-state index contributed by atoms with van der Waals surface area (Å²) < 4.78 is 0. The Balaban J connectivity index is 2.83. The first kappa shape index (κ1) is 14.5. The lowest BCUT2D eigenvalue weighted by Gasteiger charge is -2.49. The highest BCUT2D eigenvalue weighted by molar-refractivity contribution is 5.73. The molecule has 1 atom stereocenters. The van der Waals surface area contributed by atoms with Gasteiger partial charge in [-0.2, -0.15) is 0 Å². The third-order valence-corrected chi connectivity index (χ3v) is 4.69. The Hall–Kier alpha value is -0.570. The van der Waals surface area contributed by atoms with Crippen molar-refractivity contribution in [1.82, 2.24) is 5.32 Å². The van der Waals surface area contributed by atoms with Gasteiger partial charge in [0, 0.05) is 6.54 Å². The lowest BCUT2D eigenvalue weighted by molar-refractivity contribution is -0.150. The molecule has 3 nitrogen and oxygen atoms in total. The van der Waals surface area contributed by atoms with Crippen molar-refractivity contribution in [1.29, 1.82) is 0 Å². The number of aliphatic carboxylic acids is 1. The quantitative estimate of drug-likeness (QED) is 0.795. The Labute approximate surface area is 105 Å². The van der Waals surface area contributed by atoms with Crippen LogP contribution >= 0.6 is 0 Å². The average Bonchev–Trinajstić information content (AvgIpc) is 2.16. The van der Waals surface area contributed by atoms with Crippen LogP contribution in [0.4, 0.5) is 0 Å². The zero-order valence-corrected chi connectivity index (χ0v) is 11.9. The molecule has 1 heterocycles. The van der Waals surface area contributed by atoms with E-state index in [1.807, 2.05) is 13.8 Å². The number of carbonyl (C=O) groups is 1. The summed E-state index contributed by atoms with van der Waals surface area (Å²) in [6.45, 7) is 12.5. The second-order valence-electron chi connectivity index (χ2n) is 7.09. The molecular formula is C14H27NO2. The third kappa shape index (κ3) is 3.01. The van der Waals surface area contributed by atoms with E-state index >= 15 is 0 Å². The van der Waals surface area contributed by atoms with Gasteiger partial charge in [-0.1, -0.05) is 20.8 Å². The molecule has 0 saturated carbocycles. The standard InChI is InChI=1S/C14H27NO2/c1-12(2,11(16)17)9-13(3,4)14(5)7-6-8-15-10-14/h15H,6-10H2,1-5H3,(H,16,17). The fourth-order valence-corrected chi connectivity index (χ4v) is 3.03. The molecule has 0 radical (unpaired) electrons. The zero-order chi connectivity index (χ0) is 13.3. The largest absolute Gasteiger partial charge is 0.481 e. The number of hydrogen-bond donors (Lipinski definition) is 2. The first-order valence-corrected chi connectivity index (χ1v) is 6.55. The summed E-state index contributed by atoms with van der Waals surface area (Å²) in [6.07, 6.45) is 3.09. The summed E-state index contributed by atoms with van der Waals surface area (Å²) in [7, 11) is 0. The van der Waals surface area contributed by atoms with Crippen molar-refractivity contribution >= 4 is 5.97 Å². The van der Waals surface area contributed by atoms with Crippen LogP contribution in [-0.2, 0) is 4.79 Å². The van der Waals surface area contributed by atoms with Crippen molar-refractivity contribution in [2.24, 2.45) is 16.2 Å². The number of hydrogen-bond acceptors (Lipinski definition) is 2. The number of piperidine rings is 1. The topological polar surface area (TPSA) is 49.3 Å². The van der Waals surface area contributed by atoms with Gasteiger partial charge in [0.1, 0.15) is 0 Å². The Morgan fingerprint density at radius 2 is 1.94 bits per heavy atom. The maximum Gasteiger partial charge on any atom is 0.309 e. The van der Waals surface area contributed by atoms with Crippen LogP contribution in [0, 0.1) is 16.2 Å². The van der Waals surface area contributed by atoms with Crippen LogP contribution in [0.1, 0.15) is 53.9 Å². The molecule has 0 aromatic rings. The van der Waals surface area contributed by atoms with Crippen LogP contribution in [-0.4, -0.2) is 24.2 Å². The van der Waals surface area contributed by atoms with Crippen molar-refractivity contribution in [3.8, 4) is 0 Å². The molecule has 2 N–H and O–H groups in total. The smallest absolute Gasteiger partial charge is 0.309 e. The molecule has 100 valence electrons. The molecule has 1 unspecified atom stereocenters. The van der Waals surface area contributed by atoms with Gasteiger partial charge in [0.05, 0.1) is 5.41 Å². The highest BCUT2D eigenvalue weighted by Crippen LogP contribution is 2.49. The van der Waals surface area contributed by atoms with Gasteiger partial charge in [0.25, 0.3) is 0 Å². The molecule has 0 amide bonds. The monoisotopic (exact) mass is 241 g/mol. The second kappa shape index (κ2) is 4.60. The molecule has 0 bridgehead atoms. The summed E-state index contributed by atoms with van der Waals surface area (Å²) in [5.74, 6) is -0.696. The fraction of sp³-hybridized carbons (Fsp3) is 0.929. The first-order valence-electron chi connectivity index (χ1n) is 6.55. The van der Waals surface area contributed by atoms with Crippen molar-refractivity contribution in [2.75, 3.05) is 13.1 Å². The van der Waals surface area contributed by atoms with Gasteiger partial charge in [-0.3, -0.25) is 4.79 Å². The minimum absolute atomic E-state index is 0.0301. The summed E-state index contributed by atoms with van der Waals surface area (Å²) in [5, 5.41) is 12.7. The minimum atomic E-state index is -0.696. The van der Waals surface area contributed by atoms with E-state index in [0.717, 1.165) is 13.1 Å². The average molecular weight is 241 g/mol. The maximum atomic E-state index is 11.3. The van der Waals surface area contributed by atoms with Crippen molar-refractivity contribution in [2.45, 2.75) is 53.9 Å². The van der Waals surface area contributed by atoms with Gasteiger partial charge >= 0.3 is 5.97 Å². The molecule has 0 spiro atoms. The van der Waals surface area contributed by atoms with Gasteiger partial charge in [-0.25, -0.2) is 0 Å². The normalized spacial score (nSPS) is 26.9. The Kier molecular flexibility index (Phi) is 3.92. The Bertz CT molecular complexity index is 289. The predicted molar refractivity (Wildman–Crippen MR) is 70.0 cm³/mol. The van der Waals surface area contributed by atoms with E-state index in [1.165, 1.54) is 12.8 Å². The summed E-state index contributed by atoms with van der Waals surface area (Å²) in [5.41, 5.74) is -0.426. The second-order valence-corrected chi connectivity index (χ2v) is 7.09. The van der Waals surface area contributed by atoms with Crippen LogP contribution in [0.25, 0.3) is 0 Å². The Morgan fingerprint density at radius 3 is 2.35 bits per heavy atom. The number of carboxylic acids is 1. The van der Waals surface area contributed by atoms with E-state index in [4.69, 9.17) is 0 Å². The van der Waals surface area contributed by atoms with Gasteiger partial charge in [0.15, 0.2) is 0 Å². The molecule has 0 aromatic heterocycles. The van der Waals surface area contributed by atoms with E-state index in [-0.39, 0.29) is 10.8 Å². The van der Waals surface area contributed by atoms with Crippen molar-refractivity contribution in [3.05, 3.63) is 0 Å². The highest BCUT2D eigenvalue weighted by Gasteiger charge is 2.46. The maximum absolute atomic E-state index is 11.3. The van der Waals surface area contributed by atoms with Crippen molar-refractivity contribution in [3.63, 3.8) is 0 Å². The van der Waals surface area contributed by atoms with E-state index < -0.39 is 11.4 Å². The fourth-order valence-electron chi connectivity index (χ4n) is 3.03. The number of rotatable bonds is 4. The molecule has 1 aliphatic heterocycles. The summed E-state index contributed by atoms with van der Waals surface area (Å²) in [6, 6.07) is 0. The van der Waals surface area contributed by atoms with Gasteiger partial charge < -0.3 is 10.4 Å². The molecule has 0 aromatic carbocycles. The van der Waals surface area contributed by atoms with Crippen LogP contribution in [0.5, 0.6) is 0 Å². The van der Waals surface area contributed by atoms with Gasteiger partial charge in [0.2, 0.25) is 0 Å². The third-order valence-electron chi connectivity index (χ3n) is 4.69. The van der Waals surface area contributed by atoms with Crippen LogP contribution in [0.2, 0.25) is 0 Å². The number of nitrogens with one attached hydrogen (secondary N) is 1. The Morgan fingerprint density at radius 1 is 1.35 bits per heavy atom. The van der Waals surface area contributed by atoms with Crippen molar-refractivity contribution < 1.29 is 9.90 Å². The van der Waals surface area contributed by atoms with Crippen LogP contribution < -0.4 is 5.32 Å². The molecule has 1 saturated heterocycles. The molecule has 1 aliphatic rings. The molecule has 1 rings (SSSR count). The van der Waals surface area contributed by atoms with E-state index in [0.29, 0.717) is 6.42 Å². The molecule has 0 aliphatic carbocycles.